The van der Waals surface area contributed by atoms with Crippen LogP contribution in [0.4, 0.5) is 0 Å². The molecule has 3 atom stereocenters. The molecule has 2 aliphatic rings. The first kappa shape index (κ1) is 19.5. The number of carbonyl (C=O) groups is 1. The lowest BCUT2D eigenvalue weighted by atomic mass is 9.96. The van der Waals surface area contributed by atoms with Gasteiger partial charge in [0.15, 0.2) is 0 Å². The minimum absolute atomic E-state index is 0.132. The van der Waals surface area contributed by atoms with Gasteiger partial charge in [0.05, 0.1) is 18.1 Å². The molecule has 0 aromatic heterocycles. The Labute approximate surface area is 171 Å². The van der Waals surface area contributed by atoms with Crippen molar-refractivity contribution in [3.05, 3.63) is 60.2 Å². The molecule has 0 radical (unpaired) electrons. The lowest BCUT2D eigenvalue weighted by Gasteiger charge is -2.26. The molecule has 150 valence electrons. The highest BCUT2D eigenvalue weighted by molar-refractivity contribution is 5.79. The standard InChI is InChI=1S/C24H25NO4/c1-24(2)21(22(24)28-18-11-7-12-18)23(26)29-20(15-25)16-8-6-13-19(14-16)27-17-9-4-3-5-10-17/h3-6,8-10,13-14,18,20-22H,7,11-12H2,1-2H3. The number of nitrogens with zero attached hydrogens (tertiary/aromatic N) is 1. The average molecular weight is 391 g/mol. The summed E-state index contributed by atoms with van der Waals surface area (Å²) in [5.41, 5.74) is 0.328. The van der Waals surface area contributed by atoms with E-state index in [0.717, 1.165) is 12.8 Å². The van der Waals surface area contributed by atoms with Crippen molar-refractivity contribution in [2.24, 2.45) is 11.3 Å². The zero-order valence-corrected chi connectivity index (χ0v) is 16.7. The van der Waals surface area contributed by atoms with Gasteiger partial charge in [0.25, 0.3) is 0 Å². The Morgan fingerprint density at radius 3 is 2.48 bits per heavy atom. The third kappa shape index (κ3) is 4.13. The molecule has 3 unspecified atom stereocenters. The lowest BCUT2D eigenvalue weighted by Crippen LogP contribution is -2.24. The monoisotopic (exact) mass is 391 g/mol. The van der Waals surface area contributed by atoms with Gasteiger partial charge in [-0.25, -0.2) is 0 Å². The number of benzene rings is 2. The Morgan fingerprint density at radius 2 is 1.83 bits per heavy atom. The van der Waals surface area contributed by atoms with Crippen molar-refractivity contribution in [1.29, 1.82) is 5.26 Å². The molecule has 0 bridgehead atoms. The van der Waals surface area contributed by atoms with Gasteiger partial charge in [-0.15, -0.1) is 0 Å². The predicted octanol–water partition coefficient (Wildman–Crippen LogP) is 5.18. The summed E-state index contributed by atoms with van der Waals surface area (Å²) in [4.78, 5) is 12.8. The number of nitriles is 1. The van der Waals surface area contributed by atoms with Gasteiger partial charge < -0.3 is 14.2 Å². The zero-order chi connectivity index (χ0) is 20.4. The molecule has 5 nitrogen and oxygen atoms in total. The highest BCUT2D eigenvalue weighted by Gasteiger charge is 2.65. The van der Waals surface area contributed by atoms with Crippen LogP contribution in [0.15, 0.2) is 54.6 Å². The first-order chi connectivity index (χ1) is 14.0. The number of carbonyl (C=O) groups excluding carboxylic acids is 1. The second kappa shape index (κ2) is 7.88. The smallest absolute Gasteiger partial charge is 0.313 e. The molecule has 0 spiro atoms. The van der Waals surface area contributed by atoms with Crippen LogP contribution in [0.5, 0.6) is 11.5 Å². The van der Waals surface area contributed by atoms with Gasteiger partial charge in [-0.3, -0.25) is 4.79 Å². The molecule has 29 heavy (non-hydrogen) atoms. The van der Waals surface area contributed by atoms with Gasteiger partial charge >= 0.3 is 5.97 Å². The number of rotatable bonds is 7. The number of hydrogen-bond acceptors (Lipinski definition) is 5. The van der Waals surface area contributed by atoms with Crippen molar-refractivity contribution in [3.63, 3.8) is 0 Å². The van der Waals surface area contributed by atoms with Gasteiger partial charge in [0.2, 0.25) is 6.10 Å². The number of esters is 1. The molecular formula is C24H25NO4. The van der Waals surface area contributed by atoms with E-state index in [9.17, 15) is 10.1 Å². The maximum Gasteiger partial charge on any atom is 0.313 e. The second-order valence-corrected chi connectivity index (χ2v) is 8.34. The summed E-state index contributed by atoms with van der Waals surface area (Å²) in [5, 5.41) is 9.60. The topological polar surface area (TPSA) is 68.5 Å². The summed E-state index contributed by atoms with van der Waals surface area (Å²) < 4.78 is 17.4. The van der Waals surface area contributed by atoms with E-state index in [1.165, 1.54) is 6.42 Å². The SMILES string of the molecule is CC1(C)C(OC2CCC2)C1C(=O)OC(C#N)c1cccc(Oc2ccccc2)c1. The Kier molecular flexibility index (Phi) is 5.29. The third-order valence-electron chi connectivity index (χ3n) is 5.86. The molecule has 0 heterocycles. The van der Waals surface area contributed by atoms with Gasteiger partial charge in [-0.1, -0.05) is 44.2 Å². The predicted molar refractivity (Wildman–Crippen MR) is 107 cm³/mol. The summed E-state index contributed by atoms with van der Waals surface area (Å²) >= 11 is 0. The highest BCUT2D eigenvalue weighted by atomic mass is 16.6. The summed E-state index contributed by atoms with van der Waals surface area (Å²) in [6.45, 7) is 4.02. The summed E-state index contributed by atoms with van der Waals surface area (Å²) in [6.07, 6.45) is 2.45. The van der Waals surface area contributed by atoms with Gasteiger partial charge in [0.1, 0.15) is 17.6 Å². The van der Waals surface area contributed by atoms with E-state index in [2.05, 4.69) is 6.07 Å². The summed E-state index contributed by atoms with van der Waals surface area (Å²) in [5.74, 6) is 0.580. The molecule has 2 fully saturated rings. The number of hydrogen-bond donors (Lipinski definition) is 0. The van der Waals surface area contributed by atoms with Crippen LogP contribution in [0.2, 0.25) is 0 Å². The minimum atomic E-state index is -0.984. The molecular weight excluding hydrogens is 366 g/mol. The fourth-order valence-electron chi connectivity index (χ4n) is 3.71. The lowest BCUT2D eigenvalue weighted by molar-refractivity contribution is -0.150. The van der Waals surface area contributed by atoms with E-state index in [1.807, 2.05) is 44.2 Å². The molecule has 2 saturated carbocycles. The number of ether oxygens (including phenoxy) is 3. The van der Waals surface area contributed by atoms with Crippen molar-refractivity contribution in [3.8, 4) is 17.6 Å². The highest BCUT2D eigenvalue weighted by Crippen LogP contribution is 2.56. The maximum absolute atomic E-state index is 12.8. The van der Waals surface area contributed by atoms with E-state index in [4.69, 9.17) is 14.2 Å². The Morgan fingerprint density at radius 1 is 1.10 bits per heavy atom. The van der Waals surface area contributed by atoms with Crippen LogP contribution >= 0.6 is 0 Å². The molecule has 4 rings (SSSR count). The van der Waals surface area contributed by atoms with Crippen molar-refractivity contribution in [2.45, 2.75) is 51.4 Å². The van der Waals surface area contributed by atoms with E-state index in [0.29, 0.717) is 17.1 Å². The normalized spacial score (nSPS) is 23.3. The van der Waals surface area contributed by atoms with Crippen LogP contribution in [-0.2, 0) is 14.3 Å². The van der Waals surface area contributed by atoms with Crippen molar-refractivity contribution in [2.75, 3.05) is 0 Å². The third-order valence-corrected chi connectivity index (χ3v) is 5.86. The Hall–Kier alpha value is -2.84. The van der Waals surface area contributed by atoms with Crippen LogP contribution < -0.4 is 4.74 Å². The zero-order valence-electron chi connectivity index (χ0n) is 16.7. The number of para-hydroxylation sites is 1. The van der Waals surface area contributed by atoms with Crippen molar-refractivity contribution >= 4 is 5.97 Å². The van der Waals surface area contributed by atoms with Crippen molar-refractivity contribution < 1.29 is 19.0 Å². The Bertz CT molecular complexity index is 914. The second-order valence-electron chi connectivity index (χ2n) is 8.34. The van der Waals surface area contributed by atoms with Crippen LogP contribution in [-0.4, -0.2) is 18.2 Å². The van der Waals surface area contributed by atoms with Crippen LogP contribution in [0.1, 0.15) is 44.8 Å². The van der Waals surface area contributed by atoms with Gasteiger partial charge in [-0.2, -0.15) is 5.26 Å². The van der Waals surface area contributed by atoms with Crippen LogP contribution in [0, 0.1) is 22.7 Å². The molecule has 5 heteroatoms. The molecule has 2 aromatic rings. The van der Waals surface area contributed by atoms with Crippen molar-refractivity contribution in [1.82, 2.24) is 0 Å². The first-order valence-electron chi connectivity index (χ1n) is 10.1. The summed E-state index contributed by atoms with van der Waals surface area (Å²) in [7, 11) is 0. The maximum atomic E-state index is 12.8. The van der Waals surface area contributed by atoms with E-state index < -0.39 is 6.10 Å². The average Bonchev–Trinajstić information content (AvgIpc) is 3.24. The molecule has 0 saturated heterocycles. The molecule has 2 aromatic carbocycles. The molecule has 2 aliphatic carbocycles. The van der Waals surface area contributed by atoms with E-state index in [1.54, 1.807) is 24.3 Å². The van der Waals surface area contributed by atoms with E-state index in [-0.39, 0.29) is 29.5 Å². The Balaban J connectivity index is 1.42. The molecule has 0 amide bonds. The van der Waals surface area contributed by atoms with Gasteiger partial charge in [-0.05, 0) is 43.5 Å². The molecule has 0 N–H and O–H groups in total. The van der Waals surface area contributed by atoms with Crippen LogP contribution in [0.3, 0.4) is 0 Å². The fraction of sp³-hybridized carbons (Fsp3) is 0.417. The summed E-state index contributed by atoms with van der Waals surface area (Å²) in [6, 6.07) is 18.6. The largest absolute Gasteiger partial charge is 0.457 e. The van der Waals surface area contributed by atoms with E-state index >= 15 is 0 Å². The first-order valence-corrected chi connectivity index (χ1v) is 10.1. The molecule has 0 aliphatic heterocycles. The quantitative estimate of drug-likeness (QED) is 0.608. The van der Waals surface area contributed by atoms with Crippen LogP contribution in [0.25, 0.3) is 0 Å². The fourth-order valence-corrected chi connectivity index (χ4v) is 3.71. The van der Waals surface area contributed by atoms with Gasteiger partial charge in [0, 0.05) is 11.0 Å². The minimum Gasteiger partial charge on any atom is -0.457 e.